The van der Waals surface area contributed by atoms with E-state index in [4.69, 9.17) is 0 Å². The number of hydrogen-bond acceptors (Lipinski definition) is 2. The molecule has 0 saturated carbocycles. The largest absolute Gasteiger partial charge is 0.465 e. The minimum Gasteiger partial charge on any atom is -0.465 e. The number of alkyl halides is 3. The molecule has 0 rings (SSSR count). The molecule has 0 aliphatic carbocycles. The zero-order valence-corrected chi connectivity index (χ0v) is 9.30. The standard InChI is InChI=1S/C11H17F3O2/c1-3-5-10(11(12,13)14)7-4-6-9(2)16-8-15/h3,8-10H,1,4-7H2,2H3/t9-,10?/m1/s1. The molecule has 0 N–H and O–H groups in total. The Balaban J connectivity index is 3.93. The molecular weight excluding hydrogens is 221 g/mol. The Labute approximate surface area is 93.5 Å². The van der Waals surface area contributed by atoms with E-state index in [0.29, 0.717) is 19.3 Å². The van der Waals surface area contributed by atoms with Gasteiger partial charge in [0.2, 0.25) is 0 Å². The lowest BCUT2D eigenvalue weighted by molar-refractivity contribution is -0.176. The number of rotatable bonds is 8. The minimum absolute atomic E-state index is 0.0437. The second-order valence-electron chi connectivity index (χ2n) is 3.74. The quantitative estimate of drug-likeness (QED) is 0.478. The smallest absolute Gasteiger partial charge is 0.392 e. The van der Waals surface area contributed by atoms with E-state index in [-0.39, 0.29) is 18.9 Å². The van der Waals surface area contributed by atoms with E-state index in [2.05, 4.69) is 11.3 Å². The molecular formula is C11H17F3O2. The highest BCUT2D eigenvalue weighted by molar-refractivity contribution is 5.37. The van der Waals surface area contributed by atoms with Crippen molar-refractivity contribution >= 4 is 6.47 Å². The number of carbonyl (C=O) groups excluding carboxylic acids is 1. The fourth-order valence-corrected chi connectivity index (χ4v) is 1.43. The van der Waals surface area contributed by atoms with Crippen LogP contribution in [-0.2, 0) is 9.53 Å². The molecule has 0 radical (unpaired) electrons. The van der Waals surface area contributed by atoms with Gasteiger partial charge in [-0.3, -0.25) is 4.79 Å². The SMILES string of the molecule is C=CCC(CCC[C@@H](C)OC=O)C(F)(F)F. The Hall–Kier alpha value is -1.00. The molecule has 94 valence electrons. The molecule has 0 aliphatic rings. The minimum atomic E-state index is -4.18. The summed E-state index contributed by atoms with van der Waals surface area (Å²) in [5.41, 5.74) is 0. The highest BCUT2D eigenvalue weighted by Gasteiger charge is 2.37. The Kier molecular flexibility index (Phi) is 6.85. The Morgan fingerprint density at radius 2 is 2.00 bits per heavy atom. The monoisotopic (exact) mass is 238 g/mol. The van der Waals surface area contributed by atoms with Crippen molar-refractivity contribution < 1.29 is 22.7 Å². The first-order valence-corrected chi connectivity index (χ1v) is 5.18. The van der Waals surface area contributed by atoms with Gasteiger partial charge in [-0.15, -0.1) is 6.58 Å². The fraction of sp³-hybridized carbons (Fsp3) is 0.727. The third kappa shape index (κ3) is 6.48. The van der Waals surface area contributed by atoms with E-state index < -0.39 is 12.1 Å². The van der Waals surface area contributed by atoms with E-state index >= 15 is 0 Å². The van der Waals surface area contributed by atoms with Crippen LogP contribution in [0.4, 0.5) is 13.2 Å². The number of carbonyl (C=O) groups is 1. The van der Waals surface area contributed by atoms with Crippen LogP contribution >= 0.6 is 0 Å². The molecule has 0 aromatic heterocycles. The van der Waals surface area contributed by atoms with E-state index in [9.17, 15) is 18.0 Å². The van der Waals surface area contributed by atoms with Gasteiger partial charge in [0, 0.05) is 0 Å². The zero-order valence-electron chi connectivity index (χ0n) is 9.30. The van der Waals surface area contributed by atoms with Gasteiger partial charge in [-0.25, -0.2) is 0 Å². The van der Waals surface area contributed by atoms with Gasteiger partial charge in [-0.1, -0.05) is 6.08 Å². The average molecular weight is 238 g/mol. The number of ether oxygens (including phenoxy) is 1. The third-order valence-electron chi connectivity index (χ3n) is 2.37. The van der Waals surface area contributed by atoms with Gasteiger partial charge >= 0.3 is 6.18 Å². The van der Waals surface area contributed by atoms with Crippen molar-refractivity contribution in [2.75, 3.05) is 0 Å². The van der Waals surface area contributed by atoms with Crippen molar-refractivity contribution in [2.45, 2.75) is 44.9 Å². The maximum absolute atomic E-state index is 12.4. The maximum Gasteiger partial charge on any atom is 0.392 e. The molecule has 1 unspecified atom stereocenters. The molecule has 0 aromatic carbocycles. The van der Waals surface area contributed by atoms with E-state index in [0.717, 1.165) is 0 Å². The van der Waals surface area contributed by atoms with Crippen LogP contribution in [-0.4, -0.2) is 18.8 Å². The van der Waals surface area contributed by atoms with Crippen LogP contribution in [0, 0.1) is 5.92 Å². The van der Waals surface area contributed by atoms with Gasteiger partial charge in [0.25, 0.3) is 6.47 Å². The van der Waals surface area contributed by atoms with Gasteiger partial charge < -0.3 is 4.74 Å². The molecule has 0 saturated heterocycles. The first kappa shape index (κ1) is 15.0. The van der Waals surface area contributed by atoms with Crippen LogP contribution in [0.25, 0.3) is 0 Å². The molecule has 0 aliphatic heterocycles. The topological polar surface area (TPSA) is 26.3 Å². The fourth-order valence-electron chi connectivity index (χ4n) is 1.43. The Morgan fingerprint density at radius 3 is 2.44 bits per heavy atom. The summed E-state index contributed by atoms with van der Waals surface area (Å²) < 4.78 is 41.9. The first-order valence-electron chi connectivity index (χ1n) is 5.18. The predicted molar refractivity (Wildman–Crippen MR) is 54.8 cm³/mol. The van der Waals surface area contributed by atoms with Crippen LogP contribution in [0.15, 0.2) is 12.7 Å². The van der Waals surface area contributed by atoms with Gasteiger partial charge in [-0.05, 0) is 32.6 Å². The summed E-state index contributed by atoms with van der Waals surface area (Å²) in [5.74, 6) is -1.34. The van der Waals surface area contributed by atoms with Crippen LogP contribution in [0.1, 0.15) is 32.6 Å². The zero-order chi connectivity index (χ0) is 12.6. The molecule has 0 amide bonds. The van der Waals surface area contributed by atoms with E-state index in [1.165, 1.54) is 6.08 Å². The molecule has 0 fully saturated rings. The lowest BCUT2D eigenvalue weighted by Gasteiger charge is -2.19. The molecule has 5 heteroatoms. The van der Waals surface area contributed by atoms with E-state index in [1.54, 1.807) is 6.92 Å². The van der Waals surface area contributed by atoms with E-state index in [1.807, 2.05) is 0 Å². The van der Waals surface area contributed by atoms with Crippen molar-refractivity contribution in [3.05, 3.63) is 12.7 Å². The molecule has 0 spiro atoms. The highest BCUT2D eigenvalue weighted by atomic mass is 19.4. The van der Waals surface area contributed by atoms with Crippen LogP contribution in [0.5, 0.6) is 0 Å². The Morgan fingerprint density at radius 1 is 1.38 bits per heavy atom. The summed E-state index contributed by atoms with van der Waals surface area (Å²) in [6.07, 6.45) is -2.41. The van der Waals surface area contributed by atoms with Gasteiger partial charge in [0.1, 0.15) is 0 Å². The van der Waals surface area contributed by atoms with Crippen molar-refractivity contribution in [2.24, 2.45) is 5.92 Å². The Bertz CT molecular complexity index is 214. The first-order chi connectivity index (χ1) is 7.41. The summed E-state index contributed by atoms with van der Waals surface area (Å²) in [4.78, 5) is 9.96. The third-order valence-corrected chi connectivity index (χ3v) is 2.37. The summed E-state index contributed by atoms with van der Waals surface area (Å²) >= 11 is 0. The van der Waals surface area contributed by atoms with Crippen LogP contribution in [0.3, 0.4) is 0 Å². The predicted octanol–water partition coefficient (Wildman–Crippen LogP) is 3.47. The lowest BCUT2D eigenvalue weighted by atomic mass is 9.97. The summed E-state index contributed by atoms with van der Waals surface area (Å²) in [6, 6.07) is 0. The normalized spacial score (nSPS) is 15.2. The summed E-state index contributed by atoms with van der Waals surface area (Å²) in [7, 11) is 0. The second-order valence-corrected chi connectivity index (χ2v) is 3.74. The van der Waals surface area contributed by atoms with Gasteiger partial charge in [0.15, 0.2) is 0 Å². The van der Waals surface area contributed by atoms with Gasteiger partial charge in [0.05, 0.1) is 12.0 Å². The lowest BCUT2D eigenvalue weighted by Crippen LogP contribution is -2.22. The molecule has 0 heterocycles. The summed E-state index contributed by atoms with van der Waals surface area (Å²) in [6.45, 7) is 5.29. The maximum atomic E-state index is 12.4. The summed E-state index contributed by atoms with van der Waals surface area (Å²) in [5, 5.41) is 0. The van der Waals surface area contributed by atoms with Crippen LogP contribution < -0.4 is 0 Å². The molecule has 16 heavy (non-hydrogen) atoms. The van der Waals surface area contributed by atoms with Crippen molar-refractivity contribution in [3.63, 3.8) is 0 Å². The highest BCUT2D eigenvalue weighted by Crippen LogP contribution is 2.33. The average Bonchev–Trinajstić information content (AvgIpc) is 2.15. The van der Waals surface area contributed by atoms with Crippen molar-refractivity contribution in [3.8, 4) is 0 Å². The molecule has 2 atom stereocenters. The molecule has 0 aromatic rings. The van der Waals surface area contributed by atoms with Crippen molar-refractivity contribution in [1.82, 2.24) is 0 Å². The second kappa shape index (κ2) is 7.30. The van der Waals surface area contributed by atoms with Crippen molar-refractivity contribution in [1.29, 1.82) is 0 Å². The van der Waals surface area contributed by atoms with Crippen LogP contribution in [0.2, 0.25) is 0 Å². The van der Waals surface area contributed by atoms with Gasteiger partial charge in [-0.2, -0.15) is 13.2 Å². The molecule has 2 nitrogen and oxygen atoms in total. The number of allylic oxidation sites excluding steroid dienone is 1. The number of hydrogen-bond donors (Lipinski definition) is 0. The number of halogens is 3. The molecule has 0 bridgehead atoms.